The molecule has 0 heterocycles. The summed E-state index contributed by atoms with van der Waals surface area (Å²) in [6.45, 7) is 6.65. The van der Waals surface area contributed by atoms with Crippen LogP contribution in [0.15, 0.2) is 72.3 Å². The lowest BCUT2D eigenvalue weighted by molar-refractivity contribution is -0.147. The molecule has 0 amide bonds. The molecule has 2 bridgehead atoms. The Labute approximate surface area is 201 Å². The number of hydrogen-bond donors (Lipinski definition) is 1. The smallest absolute Gasteiger partial charge is 0.213 e. The average molecular weight is 453 g/mol. The largest absolute Gasteiger partial charge is 0.393 e. The van der Waals surface area contributed by atoms with E-state index < -0.39 is 11.3 Å². The van der Waals surface area contributed by atoms with E-state index in [1.54, 1.807) is 0 Å². The number of carbonyl (C=O) groups excluding carboxylic acids is 2. The Bertz CT molecular complexity index is 1250. The van der Waals surface area contributed by atoms with Gasteiger partial charge in [0.2, 0.25) is 11.6 Å². The van der Waals surface area contributed by atoms with E-state index in [4.69, 9.17) is 0 Å². The zero-order valence-corrected chi connectivity index (χ0v) is 20.2. The Morgan fingerprint density at radius 1 is 0.824 bits per heavy atom. The molecule has 5 aliphatic rings. The molecule has 1 spiro atoms. The zero-order valence-electron chi connectivity index (χ0n) is 20.2. The number of ketones is 2. The monoisotopic (exact) mass is 452 g/mol. The molecule has 2 aromatic carbocycles. The first-order chi connectivity index (χ1) is 16.2. The molecule has 5 aliphatic carbocycles. The van der Waals surface area contributed by atoms with Crippen molar-refractivity contribution in [1.82, 2.24) is 0 Å². The van der Waals surface area contributed by atoms with Crippen LogP contribution in [-0.2, 0) is 9.59 Å². The van der Waals surface area contributed by atoms with Crippen LogP contribution in [0.25, 0.3) is 11.1 Å². The van der Waals surface area contributed by atoms with Gasteiger partial charge in [-0.3, -0.25) is 9.59 Å². The van der Waals surface area contributed by atoms with E-state index in [2.05, 4.69) is 51.1 Å². The molecule has 0 aliphatic heterocycles. The number of aliphatic hydroxyl groups is 1. The first-order valence-corrected chi connectivity index (χ1v) is 12.6. The summed E-state index contributed by atoms with van der Waals surface area (Å²) in [6.07, 6.45) is 4.82. The van der Waals surface area contributed by atoms with Gasteiger partial charge in [-0.1, -0.05) is 87.5 Å². The number of benzene rings is 2. The Morgan fingerprint density at radius 3 is 2.09 bits per heavy atom. The van der Waals surface area contributed by atoms with Gasteiger partial charge in [-0.25, -0.2) is 0 Å². The Balaban J connectivity index is 1.65. The molecular weight excluding hydrogens is 420 g/mol. The molecule has 34 heavy (non-hydrogen) atoms. The second-order valence-corrected chi connectivity index (χ2v) is 11.6. The molecule has 2 aromatic rings. The van der Waals surface area contributed by atoms with Crippen molar-refractivity contribution in [1.29, 1.82) is 0 Å². The standard InChI is InChI=1S/C31H32O3/c1-29(2)22-14-17-31-23(30(22,3)16-15-24(29)32)18-21(27(33)28(31)34)25(19-10-6-4-7-11-19)26(31)20-12-8-5-9-13-20/h4-13,18,21-22,24,32H,14-17H2,1-3H3/t21-,22?,24?,30-,31+/m0/s1. The van der Waals surface area contributed by atoms with E-state index in [-0.39, 0.29) is 34.4 Å². The van der Waals surface area contributed by atoms with Gasteiger partial charge >= 0.3 is 0 Å². The molecule has 2 fully saturated rings. The van der Waals surface area contributed by atoms with Crippen LogP contribution in [0.2, 0.25) is 0 Å². The predicted molar refractivity (Wildman–Crippen MR) is 134 cm³/mol. The van der Waals surface area contributed by atoms with Gasteiger partial charge < -0.3 is 5.11 Å². The van der Waals surface area contributed by atoms with E-state index in [1.807, 2.05) is 36.4 Å². The highest BCUT2D eigenvalue weighted by atomic mass is 16.3. The molecule has 2 saturated carbocycles. The summed E-state index contributed by atoms with van der Waals surface area (Å²) in [6, 6.07) is 20.3. The Kier molecular flexibility index (Phi) is 4.55. The summed E-state index contributed by atoms with van der Waals surface area (Å²) >= 11 is 0. The van der Waals surface area contributed by atoms with Crippen LogP contribution >= 0.6 is 0 Å². The average Bonchev–Trinajstić information content (AvgIpc) is 2.85. The van der Waals surface area contributed by atoms with Gasteiger partial charge in [-0.2, -0.15) is 0 Å². The third-order valence-electron chi connectivity index (χ3n) is 9.73. The number of Topliss-reactive ketones (excluding diaryl/α,β-unsaturated/α-hetero) is 2. The minimum atomic E-state index is -0.915. The molecule has 1 N–H and O–H groups in total. The quantitative estimate of drug-likeness (QED) is 0.457. The van der Waals surface area contributed by atoms with Crippen molar-refractivity contribution >= 4 is 22.7 Å². The maximum absolute atomic E-state index is 14.1. The van der Waals surface area contributed by atoms with Crippen LogP contribution in [0.4, 0.5) is 0 Å². The molecular formula is C31H32O3. The van der Waals surface area contributed by atoms with Gasteiger partial charge in [0.15, 0.2) is 0 Å². The molecule has 0 aromatic heterocycles. The summed E-state index contributed by atoms with van der Waals surface area (Å²) in [5, 5.41) is 10.9. The molecule has 3 nitrogen and oxygen atoms in total. The molecule has 0 radical (unpaired) electrons. The fourth-order valence-electron chi connectivity index (χ4n) is 8.12. The fourth-order valence-corrected chi connectivity index (χ4v) is 8.12. The van der Waals surface area contributed by atoms with Gasteiger partial charge in [0.05, 0.1) is 17.4 Å². The van der Waals surface area contributed by atoms with E-state index in [0.717, 1.165) is 47.1 Å². The fraction of sp³-hybridized carbons (Fsp3) is 0.419. The maximum Gasteiger partial charge on any atom is 0.213 e. The van der Waals surface area contributed by atoms with Crippen LogP contribution in [-0.4, -0.2) is 22.8 Å². The SMILES string of the molecule is CC1(C)C(O)CC[C@]2(C)C3=C[C@@H]4C(=O)C(=O)[C@@]3(CCC12)C(c1ccccc1)=C4c1ccccc1. The minimum Gasteiger partial charge on any atom is -0.393 e. The van der Waals surface area contributed by atoms with E-state index >= 15 is 0 Å². The summed E-state index contributed by atoms with van der Waals surface area (Å²) in [7, 11) is 0. The number of rotatable bonds is 2. The molecule has 3 heteroatoms. The van der Waals surface area contributed by atoms with Crippen molar-refractivity contribution < 1.29 is 14.7 Å². The number of fused-ring (bicyclic) bond motifs is 2. The van der Waals surface area contributed by atoms with E-state index in [9.17, 15) is 14.7 Å². The zero-order chi connectivity index (χ0) is 23.9. The lowest BCUT2D eigenvalue weighted by Gasteiger charge is -2.63. The highest BCUT2D eigenvalue weighted by molar-refractivity contribution is 6.49. The molecule has 5 atom stereocenters. The summed E-state index contributed by atoms with van der Waals surface area (Å²) in [5.74, 6) is -0.774. The van der Waals surface area contributed by atoms with Gasteiger partial charge in [-0.05, 0) is 70.3 Å². The third kappa shape index (κ3) is 2.57. The van der Waals surface area contributed by atoms with Gasteiger partial charge in [0.25, 0.3) is 0 Å². The lowest BCUT2D eigenvalue weighted by Crippen LogP contribution is -2.61. The number of carbonyl (C=O) groups is 2. The van der Waals surface area contributed by atoms with E-state index in [0.29, 0.717) is 6.42 Å². The van der Waals surface area contributed by atoms with E-state index in [1.165, 1.54) is 0 Å². The Morgan fingerprint density at radius 2 is 1.44 bits per heavy atom. The normalized spacial score (nSPS) is 36.1. The first kappa shape index (κ1) is 21.7. The molecule has 7 rings (SSSR count). The highest BCUT2D eigenvalue weighted by Crippen LogP contribution is 2.71. The number of hydrogen-bond acceptors (Lipinski definition) is 3. The topological polar surface area (TPSA) is 54.4 Å². The van der Waals surface area contributed by atoms with Gasteiger partial charge in [0.1, 0.15) is 0 Å². The minimum absolute atomic E-state index is 0.224. The van der Waals surface area contributed by atoms with Crippen molar-refractivity contribution in [2.45, 2.75) is 52.6 Å². The molecule has 174 valence electrons. The third-order valence-corrected chi connectivity index (χ3v) is 9.73. The Hall–Kier alpha value is -2.78. The van der Waals surface area contributed by atoms with Gasteiger partial charge in [0, 0.05) is 0 Å². The van der Waals surface area contributed by atoms with Crippen molar-refractivity contribution in [3.63, 3.8) is 0 Å². The van der Waals surface area contributed by atoms with Crippen LogP contribution in [0.5, 0.6) is 0 Å². The van der Waals surface area contributed by atoms with Crippen LogP contribution in [0.3, 0.4) is 0 Å². The summed E-state index contributed by atoms with van der Waals surface area (Å²) < 4.78 is 0. The second-order valence-electron chi connectivity index (χ2n) is 11.6. The molecule has 0 saturated heterocycles. The lowest BCUT2D eigenvalue weighted by atomic mass is 9.39. The predicted octanol–water partition coefficient (Wildman–Crippen LogP) is 5.89. The summed E-state index contributed by atoms with van der Waals surface area (Å²) in [5.41, 5.74) is 3.86. The van der Waals surface area contributed by atoms with Crippen molar-refractivity contribution in [2.24, 2.45) is 28.1 Å². The second kappa shape index (κ2) is 7.11. The van der Waals surface area contributed by atoms with Crippen molar-refractivity contribution in [2.75, 3.05) is 0 Å². The highest BCUT2D eigenvalue weighted by Gasteiger charge is 2.67. The molecule has 2 unspecified atom stereocenters. The number of aliphatic hydroxyl groups excluding tert-OH is 1. The van der Waals surface area contributed by atoms with Crippen molar-refractivity contribution in [3.05, 3.63) is 83.4 Å². The number of allylic oxidation sites excluding steroid dienone is 4. The summed E-state index contributed by atoms with van der Waals surface area (Å²) in [4.78, 5) is 27.6. The van der Waals surface area contributed by atoms with Crippen LogP contribution < -0.4 is 0 Å². The van der Waals surface area contributed by atoms with Crippen LogP contribution in [0, 0.1) is 28.1 Å². The first-order valence-electron chi connectivity index (χ1n) is 12.6. The van der Waals surface area contributed by atoms with Crippen molar-refractivity contribution in [3.8, 4) is 0 Å². The maximum atomic E-state index is 14.1. The van der Waals surface area contributed by atoms with Gasteiger partial charge in [-0.15, -0.1) is 0 Å². The van der Waals surface area contributed by atoms with Crippen LogP contribution in [0.1, 0.15) is 57.6 Å².